The Bertz CT molecular complexity index is 1190. The molecule has 0 aliphatic heterocycles. The van der Waals surface area contributed by atoms with Crippen molar-refractivity contribution in [1.29, 1.82) is 0 Å². The second-order valence-electron chi connectivity index (χ2n) is 6.80. The van der Waals surface area contributed by atoms with Gasteiger partial charge in [0, 0.05) is 15.7 Å². The zero-order valence-corrected chi connectivity index (χ0v) is 19.0. The molecule has 3 rings (SSSR count). The molecule has 0 spiro atoms. The molecule has 0 aliphatic rings. The summed E-state index contributed by atoms with van der Waals surface area (Å²) in [7, 11) is 0. The number of carbonyl (C=O) groups is 3. The number of anilines is 1. The number of para-hydroxylation sites is 1. The number of esters is 1. The van der Waals surface area contributed by atoms with Gasteiger partial charge in [0.1, 0.15) is 5.75 Å². The molecule has 0 saturated heterocycles. The Labute approximate surface area is 193 Å². The first-order chi connectivity index (χ1) is 15.3. The summed E-state index contributed by atoms with van der Waals surface area (Å²) >= 11 is 3.30. The summed E-state index contributed by atoms with van der Waals surface area (Å²) < 4.78 is 6.41. The number of nitrogens with one attached hydrogen (secondary N) is 2. The van der Waals surface area contributed by atoms with Gasteiger partial charge in [0.2, 0.25) is 0 Å². The van der Waals surface area contributed by atoms with Crippen molar-refractivity contribution in [3.8, 4) is 5.75 Å². The smallest absolute Gasteiger partial charge is 0.343 e. The number of aryl methyl sites for hydroxylation is 1. The van der Waals surface area contributed by atoms with Crippen LogP contribution in [0.2, 0.25) is 0 Å². The van der Waals surface area contributed by atoms with Crippen LogP contribution in [0.15, 0.2) is 82.4 Å². The number of nitrogens with zero attached hydrogens (tertiary/aromatic N) is 1. The summed E-state index contributed by atoms with van der Waals surface area (Å²) in [6, 6.07) is 20.7. The predicted octanol–water partition coefficient (Wildman–Crippen LogP) is 4.46. The number of rotatable bonds is 5. The van der Waals surface area contributed by atoms with Crippen LogP contribution in [0.5, 0.6) is 5.75 Å². The van der Waals surface area contributed by atoms with Crippen LogP contribution in [0.3, 0.4) is 0 Å². The van der Waals surface area contributed by atoms with Crippen LogP contribution in [-0.2, 0) is 9.59 Å². The van der Waals surface area contributed by atoms with Crippen molar-refractivity contribution in [2.24, 2.45) is 5.10 Å². The van der Waals surface area contributed by atoms with Crippen molar-refractivity contribution < 1.29 is 19.1 Å². The van der Waals surface area contributed by atoms with E-state index in [1.54, 1.807) is 67.6 Å². The first kappa shape index (κ1) is 22.9. The molecule has 2 N–H and O–H groups in total. The fourth-order valence-corrected chi connectivity index (χ4v) is 3.04. The summed E-state index contributed by atoms with van der Waals surface area (Å²) in [6.45, 7) is 3.46. The number of hydrogen-bond donors (Lipinski definition) is 2. The van der Waals surface area contributed by atoms with E-state index < -0.39 is 17.8 Å². The van der Waals surface area contributed by atoms with Crippen LogP contribution in [0, 0.1) is 6.92 Å². The zero-order valence-electron chi connectivity index (χ0n) is 17.4. The largest absolute Gasteiger partial charge is 0.422 e. The van der Waals surface area contributed by atoms with Crippen molar-refractivity contribution in [1.82, 2.24) is 5.43 Å². The average molecular weight is 494 g/mol. The minimum absolute atomic E-state index is 0.288. The highest BCUT2D eigenvalue weighted by molar-refractivity contribution is 9.10. The molecule has 32 heavy (non-hydrogen) atoms. The van der Waals surface area contributed by atoms with E-state index >= 15 is 0 Å². The Hall–Kier alpha value is -3.78. The minimum Gasteiger partial charge on any atom is -0.422 e. The standard InChI is InChI=1S/C24H20BrN3O4/c1-15-7-3-4-8-19(15)24(31)32-21-10-6-5-9-20(21)16(2)27-28-23(30)22(29)26-18-13-11-17(25)12-14-18/h3-14H,1-2H3,(H,26,29)(H,28,30). The van der Waals surface area contributed by atoms with Crippen molar-refractivity contribution in [2.75, 3.05) is 5.32 Å². The Balaban J connectivity index is 1.69. The molecule has 0 bridgehead atoms. The number of halogens is 1. The Morgan fingerprint density at radius 3 is 2.16 bits per heavy atom. The molecular weight excluding hydrogens is 474 g/mol. The van der Waals surface area contributed by atoms with E-state index in [4.69, 9.17) is 4.74 Å². The quantitative estimate of drug-likeness (QED) is 0.180. The van der Waals surface area contributed by atoms with E-state index in [1.165, 1.54) is 0 Å². The topological polar surface area (TPSA) is 96.9 Å². The Kier molecular flexibility index (Phi) is 7.51. The van der Waals surface area contributed by atoms with Gasteiger partial charge >= 0.3 is 17.8 Å². The van der Waals surface area contributed by atoms with Crippen LogP contribution < -0.4 is 15.5 Å². The SMILES string of the molecule is CC(=NNC(=O)C(=O)Nc1ccc(Br)cc1)c1ccccc1OC(=O)c1ccccc1C. The highest BCUT2D eigenvalue weighted by Crippen LogP contribution is 2.21. The molecule has 0 heterocycles. The molecular formula is C24H20BrN3O4. The minimum atomic E-state index is -0.929. The summed E-state index contributed by atoms with van der Waals surface area (Å²) in [5, 5.41) is 6.47. The molecule has 0 aromatic heterocycles. The second-order valence-corrected chi connectivity index (χ2v) is 7.72. The summed E-state index contributed by atoms with van der Waals surface area (Å²) in [5.74, 6) is -2.00. The van der Waals surface area contributed by atoms with E-state index in [9.17, 15) is 14.4 Å². The van der Waals surface area contributed by atoms with Gasteiger partial charge in [-0.25, -0.2) is 10.2 Å². The summed E-state index contributed by atoms with van der Waals surface area (Å²) in [6.07, 6.45) is 0. The molecule has 0 unspecified atom stereocenters. The Morgan fingerprint density at radius 1 is 0.844 bits per heavy atom. The molecule has 0 saturated carbocycles. The fraction of sp³-hybridized carbons (Fsp3) is 0.0833. The molecule has 3 aromatic rings. The van der Waals surface area contributed by atoms with Gasteiger partial charge < -0.3 is 10.1 Å². The highest BCUT2D eigenvalue weighted by atomic mass is 79.9. The average Bonchev–Trinajstić information content (AvgIpc) is 2.79. The van der Waals surface area contributed by atoms with E-state index in [0.29, 0.717) is 22.5 Å². The molecule has 162 valence electrons. The summed E-state index contributed by atoms with van der Waals surface area (Å²) in [5.41, 5.74) is 4.81. The number of carbonyl (C=O) groups excluding carboxylic acids is 3. The Morgan fingerprint density at radius 2 is 1.47 bits per heavy atom. The molecule has 2 amide bonds. The van der Waals surface area contributed by atoms with Gasteiger partial charge in [0.05, 0.1) is 11.3 Å². The predicted molar refractivity (Wildman–Crippen MR) is 126 cm³/mol. The van der Waals surface area contributed by atoms with E-state index in [0.717, 1.165) is 10.0 Å². The van der Waals surface area contributed by atoms with Gasteiger partial charge in [0.25, 0.3) is 0 Å². The third-order valence-corrected chi connectivity index (χ3v) is 5.01. The first-order valence-electron chi connectivity index (χ1n) is 9.63. The first-order valence-corrected chi connectivity index (χ1v) is 10.4. The van der Waals surface area contributed by atoms with Crippen LogP contribution in [-0.4, -0.2) is 23.5 Å². The number of ether oxygens (including phenoxy) is 1. The van der Waals surface area contributed by atoms with Gasteiger partial charge in [0.15, 0.2) is 0 Å². The van der Waals surface area contributed by atoms with Crippen LogP contribution in [0.25, 0.3) is 0 Å². The molecule has 0 radical (unpaired) electrons. The van der Waals surface area contributed by atoms with Gasteiger partial charge in [-0.3, -0.25) is 9.59 Å². The lowest BCUT2D eigenvalue weighted by Gasteiger charge is -2.11. The van der Waals surface area contributed by atoms with Crippen LogP contribution in [0.1, 0.15) is 28.4 Å². The second kappa shape index (κ2) is 10.5. The lowest BCUT2D eigenvalue weighted by atomic mass is 10.1. The van der Waals surface area contributed by atoms with Crippen LogP contribution >= 0.6 is 15.9 Å². The van der Waals surface area contributed by atoms with Crippen molar-refractivity contribution in [3.63, 3.8) is 0 Å². The molecule has 0 aliphatic carbocycles. The van der Waals surface area contributed by atoms with E-state index in [2.05, 4.69) is 31.8 Å². The maximum absolute atomic E-state index is 12.6. The molecule has 8 heteroatoms. The highest BCUT2D eigenvalue weighted by Gasteiger charge is 2.16. The van der Waals surface area contributed by atoms with Gasteiger partial charge in [-0.05, 0) is 61.9 Å². The van der Waals surface area contributed by atoms with Crippen molar-refractivity contribution in [3.05, 3.63) is 94.0 Å². The van der Waals surface area contributed by atoms with E-state index in [1.807, 2.05) is 19.1 Å². The normalized spacial score (nSPS) is 10.9. The lowest BCUT2D eigenvalue weighted by Crippen LogP contribution is -2.33. The molecule has 7 nitrogen and oxygen atoms in total. The monoisotopic (exact) mass is 493 g/mol. The lowest BCUT2D eigenvalue weighted by molar-refractivity contribution is -0.136. The third kappa shape index (κ3) is 5.89. The van der Waals surface area contributed by atoms with Gasteiger partial charge in [-0.1, -0.05) is 46.3 Å². The zero-order chi connectivity index (χ0) is 23.1. The molecule has 3 aromatic carbocycles. The van der Waals surface area contributed by atoms with Gasteiger partial charge in [-0.2, -0.15) is 5.10 Å². The maximum Gasteiger partial charge on any atom is 0.343 e. The molecule has 0 fully saturated rings. The molecule has 0 atom stereocenters. The number of hydrazone groups is 1. The fourth-order valence-electron chi connectivity index (χ4n) is 2.78. The number of hydrogen-bond acceptors (Lipinski definition) is 5. The number of benzene rings is 3. The van der Waals surface area contributed by atoms with Crippen molar-refractivity contribution in [2.45, 2.75) is 13.8 Å². The van der Waals surface area contributed by atoms with E-state index in [-0.39, 0.29) is 5.75 Å². The van der Waals surface area contributed by atoms with Crippen molar-refractivity contribution >= 4 is 45.1 Å². The summed E-state index contributed by atoms with van der Waals surface area (Å²) in [4.78, 5) is 36.8. The number of amides is 2. The van der Waals surface area contributed by atoms with Crippen LogP contribution in [0.4, 0.5) is 5.69 Å². The maximum atomic E-state index is 12.6. The van der Waals surface area contributed by atoms with Gasteiger partial charge in [-0.15, -0.1) is 0 Å². The third-order valence-electron chi connectivity index (χ3n) is 4.48.